The third kappa shape index (κ3) is 2.68. The van der Waals surface area contributed by atoms with Crippen LogP contribution in [0.25, 0.3) is 0 Å². The Morgan fingerprint density at radius 3 is 2.63 bits per heavy atom. The predicted molar refractivity (Wildman–Crippen MR) is 74.5 cm³/mol. The second-order valence-electron chi connectivity index (χ2n) is 4.29. The van der Waals surface area contributed by atoms with Crippen molar-refractivity contribution in [3.05, 3.63) is 40.4 Å². The number of hydrogen-bond acceptors (Lipinski definition) is 4. The van der Waals surface area contributed by atoms with Crippen molar-refractivity contribution in [2.45, 2.75) is 19.9 Å². The quantitative estimate of drug-likeness (QED) is 0.812. The number of methoxy groups -OCH3 is 1. The van der Waals surface area contributed by atoms with Gasteiger partial charge in [-0.2, -0.15) is 5.10 Å². The maximum atomic E-state index is 12.5. The van der Waals surface area contributed by atoms with Gasteiger partial charge in [0, 0.05) is 16.7 Å². The van der Waals surface area contributed by atoms with Gasteiger partial charge in [0.05, 0.1) is 13.3 Å². The first-order chi connectivity index (χ1) is 9.04. The van der Waals surface area contributed by atoms with Gasteiger partial charge in [-0.05, 0) is 41.9 Å². The Kier molecular flexibility index (Phi) is 3.99. The molecule has 0 aliphatic heterocycles. The number of nitrogens with zero attached hydrogens (tertiary/aromatic N) is 3. The first kappa shape index (κ1) is 13.7. The lowest BCUT2D eigenvalue weighted by molar-refractivity contribution is 0.101. The molecule has 2 aromatic heterocycles. The summed E-state index contributed by atoms with van der Waals surface area (Å²) in [6, 6.07) is 3.52. The van der Waals surface area contributed by atoms with Crippen LogP contribution in [0.15, 0.2) is 29.0 Å². The molecule has 2 heterocycles. The number of halogens is 1. The molecule has 0 fully saturated rings. The summed E-state index contributed by atoms with van der Waals surface area (Å²) in [5.74, 6) is 0.263. The summed E-state index contributed by atoms with van der Waals surface area (Å²) in [7, 11) is 1.52. The van der Waals surface area contributed by atoms with Crippen molar-refractivity contribution >= 4 is 21.7 Å². The average Bonchev–Trinajstić information content (AvgIpc) is 2.82. The van der Waals surface area contributed by atoms with Gasteiger partial charge in [0.15, 0.2) is 11.4 Å². The van der Waals surface area contributed by atoms with Crippen LogP contribution in [0.1, 0.15) is 36.1 Å². The van der Waals surface area contributed by atoms with Gasteiger partial charge in [-0.15, -0.1) is 0 Å². The van der Waals surface area contributed by atoms with Gasteiger partial charge in [0.1, 0.15) is 5.69 Å². The van der Waals surface area contributed by atoms with Crippen molar-refractivity contribution in [3.8, 4) is 5.75 Å². The van der Waals surface area contributed by atoms with Crippen LogP contribution in [0.5, 0.6) is 5.75 Å². The fourth-order valence-electron chi connectivity index (χ4n) is 1.73. The fourth-order valence-corrected chi connectivity index (χ4v) is 1.97. The maximum absolute atomic E-state index is 12.5. The van der Waals surface area contributed by atoms with Crippen molar-refractivity contribution in [2.75, 3.05) is 7.11 Å². The summed E-state index contributed by atoms with van der Waals surface area (Å²) in [4.78, 5) is 16.6. The molecule has 2 aromatic rings. The first-order valence-corrected chi connectivity index (χ1v) is 6.61. The third-order valence-corrected chi connectivity index (χ3v) is 3.12. The van der Waals surface area contributed by atoms with Gasteiger partial charge in [-0.1, -0.05) is 0 Å². The molecule has 0 aromatic carbocycles. The molecule has 0 radical (unpaired) electrons. The van der Waals surface area contributed by atoms with E-state index >= 15 is 0 Å². The zero-order valence-corrected chi connectivity index (χ0v) is 12.5. The van der Waals surface area contributed by atoms with Crippen LogP contribution in [-0.4, -0.2) is 27.7 Å². The molecular weight excluding hydrogens is 310 g/mol. The second kappa shape index (κ2) is 5.52. The highest BCUT2D eigenvalue weighted by Crippen LogP contribution is 2.23. The Hall–Kier alpha value is -1.69. The van der Waals surface area contributed by atoms with Crippen molar-refractivity contribution in [1.29, 1.82) is 0 Å². The number of aromatic nitrogens is 3. The van der Waals surface area contributed by atoms with E-state index in [1.54, 1.807) is 29.2 Å². The molecule has 0 atom stereocenters. The molecule has 0 spiro atoms. The molecule has 19 heavy (non-hydrogen) atoms. The number of carbonyl (C=O) groups is 1. The van der Waals surface area contributed by atoms with Crippen LogP contribution in [0, 0.1) is 0 Å². The minimum atomic E-state index is -0.199. The van der Waals surface area contributed by atoms with Crippen LogP contribution >= 0.6 is 15.9 Å². The molecule has 0 amide bonds. The molecule has 6 heteroatoms. The zero-order chi connectivity index (χ0) is 14.0. The van der Waals surface area contributed by atoms with Crippen molar-refractivity contribution in [1.82, 2.24) is 14.8 Å². The number of ether oxygens (including phenoxy) is 1. The lowest BCUT2D eigenvalue weighted by atomic mass is 10.1. The lowest BCUT2D eigenvalue weighted by Crippen LogP contribution is -2.15. The standard InChI is InChI=1S/C13H14BrN3O2/c1-8(2)17-12(11(19-3)7-16-17)13(18)10-5-4-9(14)6-15-10/h4-8H,1-3H3. The van der Waals surface area contributed by atoms with E-state index in [0.29, 0.717) is 17.1 Å². The Balaban J connectivity index is 2.48. The Morgan fingerprint density at radius 1 is 1.37 bits per heavy atom. The van der Waals surface area contributed by atoms with E-state index in [-0.39, 0.29) is 11.8 Å². The smallest absolute Gasteiger partial charge is 0.233 e. The zero-order valence-electron chi connectivity index (χ0n) is 10.9. The van der Waals surface area contributed by atoms with Crippen LogP contribution in [0.2, 0.25) is 0 Å². The normalized spacial score (nSPS) is 10.8. The Morgan fingerprint density at radius 2 is 2.11 bits per heavy atom. The summed E-state index contributed by atoms with van der Waals surface area (Å²) in [6.07, 6.45) is 3.14. The largest absolute Gasteiger partial charge is 0.493 e. The van der Waals surface area contributed by atoms with Gasteiger partial charge >= 0.3 is 0 Å². The monoisotopic (exact) mass is 323 g/mol. The molecule has 0 saturated carbocycles. The van der Waals surface area contributed by atoms with E-state index in [1.807, 2.05) is 13.8 Å². The van der Waals surface area contributed by atoms with Crippen LogP contribution in [0.3, 0.4) is 0 Å². The SMILES string of the molecule is COc1cnn(C(C)C)c1C(=O)c1ccc(Br)cn1. The van der Waals surface area contributed by atoms with Crippen molar-refractivity contribution < 1.29 is 9.53 Å². The van der Waals surface area contributed by atoms with Gasteiger partial charge in [-0.3, -0.25) is 14.5 Å². The highest BCUT2D eigenvalue weighted by atomic mass is 79.9. The van der Waals surface area contributed by atoms with Gasteiger partial charge in [0.2, 0.25) is 5.78 Å². The average molecular weight is 324 g/mol. The van der Waals surface area contributed by atoms with E-state index in [9.17, 15) is 4.79 Å². The number of carbonyl (C=O) groups excluding carboxylic acids is 1. The van der Waals surface area contributed by atoms with Gasteiger partial charge in [-0.25, -0.2) is 0 Å². The van der Waals surface area contributed by atoms with E-state index in [1.165, 1.54) is 7.11 Å². The molecule has 5 nitrogen and oxygen atoms in total. The van der Waals surface area contributed by atoms with Crippen LogP contribution < -0.4 is 4.74 Å². The summed E-state index contributed by atoms with van der Waals surface area (Å²) in [6.45, 7) is 3.91. The van der Waals surface area contributed by atoms with E-state index < -0.39 is 0 Å². The Bertz CT molecular complexity index is 590. The number of pyridine rings is 1. The maximum Gasteiger partial charge on any atom is 0.233 e. The second-order valence-corrected chi connectivity index (χ2v) is 5.21. The molecule has 0 aliphatic carbocycles. The van der Waals surface area contributed by atoms with Crippen molar-refractivity contribution in [3.63, 3.8) is 0 Å². The molecule has 0 aliphatic rings. The van der Waals surface area contributed by atoms with E-state index in [2.05, 4.69) is 26.0 Å². The minimum absolute atomic E-state index is 0.0679. The number of ketones is 1. The molecule has 0 saturated heterocycles. The molecular formula is C13H14BrN3O2. The van der Waals surface area contributed by atoms with Gasteiger partial charge < -0.3 is 4.74 Å². The number of rotatable bonds is 4. The van der Waals surface area contributed by atoms with E-state index in [4.69, 9.17) is 4.74 Å². The molecule has 0 bridgehead atoms. The summed E-state index contributed by atoms with van der Waals surface area (Å²) >= 11 is 3.29. The third-order valence-electron chi connectivity index (χ3n) is 2.65. The topological polar surface area (TPSA) is 57.0 Å². The molecule has 0 unspecified atom stereocenters. The first-order valence-electron chi connectivity index (χ1n) is 5.82. The fraction of sp³-hybridized carbons (Fsp3) is 0.308. The molecule has 2 rings (SSSR count). The minimum Gasteiger partial charge on any atom is -0.493 e. The van der Waals surface area contributed by atoms with Crippen LogP contribution in [-0.2, 0) is 0 Å². The molecule has 0 N–H and O–H groups in total. The molecule has 100 valence electrons. The predicted octanol–water partition coefficient (Wildman–Crippen LogP) is 2.86. The highest BCUT2D eigenvalue weighted by molar-refractivity contribution is 9.10. The summed E-state index contributed by atoms with van der Waals surface area (Å²) in [5.41, 5.74) is 0.788. The van der Waals surface area contributed by atoms with Crippen molar-refractivity contribution in [2.24, 2.45) is 0 Å². The summed E-state index contributed by atoms with van der Waals surface area (Å²) < 4.78 is 7.67. The highest BCUT2D eigenvalue weighted by Gasteiger charge is 2.23. The van der Waals surface area contributed by atoms with Gasteiger partial charge in [0.25, 0.3) is 0 Å². The summed E-state index contributed by atoms with van der Waals surface area (Å²) in [5, 5.41) is 4.18. The number of hydrogen-bond donors (Lipinski definition) is 0. The van der Waals surface area contributed by atoms with Crippen LogP contribution in [0.4, 0.5) is 0 Å². The van der Waals surface area contributed by atoms with E-state index in [0.717, 1.165) is 4.47 Å². The Labute approximate surface area is 119 Å². The lowest BCUT2D eigenvalue weighted by Gasteiger charge is -2.10.